The molecule has 6 heteroatoms. The Balaban J connectivity index is 0.000000744. The molecule has 0 spiro atoms. The molecule has 4 nitrogen and oxygen atoms in total. The van der Waals surface area contributed by atoms with Crippen LogP contribution in [-0.4, -0.2) is 25.3 Å². The number of alkyl halides is 1. The summed E-state index contributed by atoms with van der Waals surface area (Å²) in [5.41, 5.74) is 6.26. The van der Waals surface area contributed by atoms with Crippen molar-refractivity contribution >= 4 is 33.1 Å². The van der Waals surface area contributed by atoms with Crippen LogP contribution in [0.4, 0.5) is 0 Å². The minimum absolute atomic E-state index is 0. The van der Waals surface area contributed by atoms with E-state index in [9.17, 15) is 0 Å². The third-order valence-corrected chi connectivity index (χ3v) is 9.11. The van der Waals surface area contributed by atoms with Gasteiger partial charge in [0.05, 0.1) is 23.3 Å². The molecular weight excluding hydrogens is 737 g/mol. The third kappa shape index (κ3) is 22.0. The van der Waals surface area contributed by atoms with Crippen LogP contribution in [0.5, 0.6) is 0 Å². The molecule has 308 valence electrons. The van der Waals surface area contributed by atoms with Crippen molar-refractivity contribution < 1.29 is 23.6 Å². The van der Waals surface area contributed by atoms with Crippen molar-refractivity contribution in [3.63, 3.8) is 0 Å². The number of halogens is 1. The minimum atomic E-state index is 0. The fourth-order valence-electron chi connectivity index (χ4n) is 5.91. The van der Waals surface area contributed by atoms with Gasteiger partial charge in [-0.2, -0.15) is 16.9 Å². The first-order valence-corrected chi connectivity index (χ1v) is 20.8. The smallest absolute Gasteiger partial charge is 0.381 e. The number of nitrogens with one attached hydrogen (secondary N) is 1. The Kier molecular flexibility index (Phi) is 31.0. The van der Waals surface area contributed by atoms with E-state index in [1.54, 1.807) is 0 Å². The van der Waals surface area contributed by atoms with E-state index >= 15 is 0 Å². The van der Waals surface area contributed by atoms with E-state index in [2.05, 4.69) is 126 Å². The van der Waals surface area contributed by atoms with Crippen LogP contribution in [0.25, 0.3) is 21.5 Å². The second-order valence-corrected chi connectivity index (χ2v) is 14.5. The van der Waals surface area contributed by atoms with Gasteiger partial charge in [-0.05, 0) is 88.5 Å². The number of aryl methyl sites for hydroxylation is 3. The normalized spacial score (nSPS) is 10.8. The van der Waals surface area contributed by atoms with Crippen LogP contribution in [0.2, 0.25) is 0 Å². The first-order chi connectivity index (χ1) is 27.7. The first kappa shape index (κ1) is 54.6. The molecule has 0 bridgehead atoms. The van der Waals surface area contributed by atoms with Gasteiger partial charge in [0, 0.05) is 31.2 Å². The average Bonchev–Trinajstić information content (AvgIpc) is 3.84. The predicted molar refractivity (Wildman–Crippen MR) is 252 cm³/mol. The maximum Gasteiger partial charge on any atom is 1.00 e. The molecule has 0 saturated carbocycles. The Hall–Kier alpha value is -4.37. The second kappa shape index (κ2) is 33.5. The molecule has 7 rings (SSSR count). The van der Waals surface area contributed by atoms with Gasteiger partial charge in [-0.1, -0.05) is 170 Å². The number of fused-ring (bicyclic) bond motifs is 2. The molecule has 1 N–H and O–H groups in total. The van der Waals surface area contributed by atoms with Crippen LogP contribution >= 0.6 is 11.6 Å². The van der Waals surface area contributed by atoms with Gasteiger partial charge in [-0.25, -0.2) is 0 Å². The Labute approximate surface area is 375 Å². The molecular formula is C53H67ClLiN3O. The van der Waals surface area contributed by atoms with Gasteiger partial charge < -0.3 is 17.0 Å². The van der Waals surface area contributed by atoms with Crippen LogP contribution < -0.4 is 24.2 Å². The van der Waals surface area contributed by atoms with E-state index in [1.165, 1.54) is 51.9 Å². The second-order valence-electron chi connectivity index (χ2n) is 14.3. The van der Waals surface area contributed by atoms with Gasteiger partial charge >= 0.3 is 18.9 Å². The van der Waals surface area contributed by atoms with Crippen molar-refractivity contribution in [2.24, 2.45) is 0 Å². The van der Waals surface area contributed by atoms with E-state index in [0.717, 1.165) is 54.7 Å². The molecule has 1 heterocycles. The molecule has 1 fully saturated rings. The fraction of sp³-hybridized carbons (Fsp3) is 0.340. The van der Waals surface area contributed by atoms with Gasteiger partial charge in [-0.3, -0.25) is 0 Å². The largest absolute Gasteiger partial charge is 1.00 e. The SMILES string of the molecule is C.C1CCOC1.CC(C)NC(C)C.Cc1ccccc1C#N.ClCc1cccc2ccccc12.N#Cc1ccccc1CCc1cccc2ccccc12.[CH2-]CCC.[Li+]. The number of nitrogens with zero attached hydrogens (tertiary/aromatic N) is 2. The van der Waals surface area contributed by atoms with E-state index < -0.39 is 0 Å². The monoisotopic (exact) mass is 804 g/mol. The molecule has 6 aromatic carbocycles. The van der Waals surface area contributed by atoms with E-state index in [-0.39, 0.29) is 26.3 Å². The molecule has 0 aliphatic carbocycles. The summed E-state index contributed by atoms with van der Waals surface area (Å²) < 4.78 is 4.94. The number of benzene rings is 6. The maximum atomic E-state index is 9.14. The Bertz CT molecular complexity index is 2050. The van der Waals surface area contributed by atoms with Crippen molar-refractivity contribution in [3.8, 4) is 12.1 Å². The Morgan fingerprint density at radius 2 is 1.03 bits per heavy atom. The van der Waals surface area contributed by atoms with E-state index in [4.69, 9.17) is 26.9 Å². The van der Waals surface area contributed by atoms with Crippen LogP contribution in [-0.2, 0) is 23.5 Å². The molecule has 0 atom stereocenters. The quantitative estimate of drug-likeness (QED) is 0.0991. The summed E-state index contributed by atoms with van der Waals surface area (Å²) in [5, 5.41) is 26.0. The molecule has 0 unspecified atom stereocenters. The number of rotatable bonds is 7. The number of hydrogen-bond acceptors (Lipinski definition) is 4. The van der Waals surface area contributed by atoms with Crippen molar-refractivity contribution in [1.29, 1.82) is 10.5 Å². The number of unbranched alkanes of at least 4 members (excludes halogenated alkanes) is 1. The summed E-state index contributed by atoms with van der Waals surface area (Å²) in [6.07, 6.45) is 6.69. The molecule has 0 amide bonds. The average molecular weight is 805 g/mol. The maximum absolute atomic E-state index is 9.14. The molecule has 0 aromatic heterocycles. The summed E-state index contributed by atoms with van der Waals surface area (Å²) >= 11 is 5.81. The number of nitriles is 2. The van der Waals surface area contributed by atoms with Crippen LogP contribution in [0.1, 0.15) is 101 Å². The van der Waals surface area contributed by atoms with Crippen LogP contribution in [0.15, 0.2) is 133 Å². The minimum Gasteiger partial charge on any atom is -0.381 e. The van der Waals surface area contributed by atoms with Crippen molar-refractivity contribution in [2.75, 3.05) is 13.2 Å². The van der Waals surface area contributed by atoms with Gasteiger partial charge in [0.1, 0.15) is 0 Å². The summed E-state index contributed by atoms with van der Waals surface area (Å²) in [4.78, 5) is 0. The summed E-state index contributed by atoms with van der Waals surface area (Å²) in [7, 11) is 0. The predicted octanol–water partition coefficient (Wildman–Crippen LogP) is 11.4. The summed E-state index contributed by atoms with van der Waals surface area (Å²) in [5.74, 6) is 0.585. The Morgan fingerprint density at radius 3 is 1.46 bits per heavy atom. The van der Waals surface area contributed by atoms with Gasteiger partial charge in [-0.15, -0.1) is 11.6 Å². The molecule has 1 aliphatic rings. The standard InChI is InChI=1S/C19H15N.C11H9Cl.C8H7N.C6H15N.C4H8O.C4H9.CH4.Li/c20-14-18-8-2-1-6-15(18)12-13-17-10-5-9-16-7-3-4-11-19(16)17;12-8-10-6-3-5-9-4-1-2-7-11(9)10;1-7-4-2-3-5-8(7)6-9;1-5(2)7-6(3)4;1-2-4-5-3-1;1-3-4-2;;/h1-11H,12-13H2;1-7H,8H2;2-5H,1H3;5-7H,1-4H3;1-4H2;1,3-4H2,2H3;1H4;/q;;;;;-1;;+1. The first-order valence-electron chi connectivity index (χ1n) is 20.2. The molecule has 1 saturated heterocycles. The Morgan fingerprint density at radius 1 is 0.627 bits per heavy atom. The zero-order valence-corrected chi connectivity index (χ0v) is 36.9. The molecule has 1 aliphatic heterocycles. The van der Waals surface area contributed by atoms with Crippen LogP contribution in [0, 0.1) is 36.5 Å². The van der Waals surface area contributed by atoms with Crippen molar-refractivity contribution in [1.82, 2.24) is 5.32 Å². The number of hydrogen-bond donors (Lipinski definition) is 1. The van der Waals surface area contributed by atoms with Crippen molar-refractivity contribution in [2.45, 2.75) is 105 Å². The van der Waals surface area contributed by atoms with Gasteiger partial charge in [0.2, 0.25) is 0 Å². The fourth-order valence-corrected chi connectivity index (χ4v) is 6.14. The van der Waals surface area contributed by atoms with Gasteiger partial charge in [0.15, 0.2) is 0 Å². The van der Waals surface area contributed by atoms with E-state index in [1.807, 2.05) is 73.7 Å². The number of ether oxygens (including phenoxy) is 1. The molecule has 6 aromatic rings. The zero-order chi connectivity index (χ0) is 41.7. The summed E-state index contributed by atoms with van der Waals surface area (Å²) in [6.45, 7) is 18.3. The summed E-state index contributed by atoms with van der Waals surface area (Å²) in [6, 6.07) is 50.4. The van der Waals surface area contributed by atoms with Crippen LogP contribution in [0.3, 0.4) is 0 Å². The van der Waals surface area contributed by atoms with E-state index in [0.29, 0.717) is 18.0 Å². The topological polar surface area (TPSA) is 68.8 Å². The molecule has 59 heavy (non-hydrogen) atoms. The van der Waals surface area contributed by atoms with Crippen molar-refractivity contribution in [3.05, 3.63) is 174 Å². The van der Waals surface area contributed by atoms with Gasteiger partial charge in [0.25, 0.3) is 0 Å². The third-order valence-electron chi connectivity index (χ3n) is 8.82. The zero-order valence-electron chi connectivity index (χ0n) is 36.1. The molecule has 0 radical (unpaired) electrons.